The number of primary amides is 1. The second-order valence-electron chi connectivity index (χ2n) is 7.06. The average molecular weight is 427 g/mol. The van der Waals surface area contributed by atoms with Crippen LogP contribution in [0.2, 0.25) is 0 Å². The van der Waals surface area contributed by atoms with E-state index in [1.807, 2.05) is 12.1 Å². The summed E-state index contributed by atoms with van der Waals surface area (Å²) >= 11 is 0. The van der Waals surface area contributed by atoms with Crippen molar-refractivity contribution >= 4 is 39.7 Å². The van der Waals surface area contributed by atoms with Gasteiger partial charge in [-0.2, -0.15) is 5.10 Å². The summed E-state index contributed by atoms with van der Waals surface area (Å²) < 4.78 is 0. The van der Waals surface area contributed by atoms with Crippen LogP contribution in [0.4, 0.5) is 5.69 Å². The van der Waals surface area contributed by atoms with Gasteiger partial charge in [-0.3, -0.25) is 19.7 Å². The molecule has 0 fully saturated rings. The molecule has 11 heteroatoms. The van der Waals surface area contributed by atoms with Crippen molar-refractivity contribution in [1.82, 2.24) is 35.1 Å². The van der Waals surface area contributed by atoms with E-state index < -0.39 is 5.91 Å². The van der Waals surface area contributed by atoms with Crippen molar-refractivity contribution in [3.8, 4) is 22.6 Å². The number of aromatic amines is 2. The molecule has 5 heterocycles. The number of aromatic nitrogens is 7. The Kier molecular flexibility index (Phi) is 4.55. The topological polar surface area (TPSA) is 168 Å². The number of anilines is 1. The highest BCUT2D eigenvalue weighted by molar-refractivity contribution is 6.04. The molecule has 158 valence electrons. The molecule has 5 rings (SSSR count). The molecule has 0 aliphatic rings. The first-order chi connectivity index (χ1) is 15.5. The molecule has 0 radical (unpaired) electrons. The minimum Gasteiger partial charge on any atom is -0.366 e. The minimum absolute atomic E-state index is 0.0940. The summed E-state index contributed by atoms with van der Waals surface area (Å²) in [4.78, 5) is 43.8. The molecule has 0 saturated heterocycles. The maximum Gasteiger partial charge on any atom is 0.251 e. The summed E-state index contributed by atoms with van der Waals surface area (Å²) in [7, 11) is 0. The Morgan fingerprint density at radius 1 is 1.09 bits per heavy atom. The number of nitrogens with one attached hydrogen (secondary N) is 3. The lowest BCUT2D eigenvalue weighted by molar-refractivity contribution is -0.115. The van der Waals surface area contributed by atoms with Gasteiger partial charge in [0.2, 0.25) is 5.91 Å². The van der Waals surface area contributed by atoms with Gasteiger partial charge in [-0.05, 0) is 18.2 Å². The van der Waals surface area contributed by atoms with Crippen LogP contribution < -0.4 is 11.1 Å². The Morgan fingerprint density at radius 2 is 1.94 bits per heavy atom. The molecule has 5 N–H and O–H groups in total. The van der Waals surface area contributed by atoms with Crippen molar-refractivity contribution in [3.63, 3.8) is 0 Å². The first-order valence-electron chi connectivity index (χ1n) is 9.77. The monoisotopic (exact) mass is 427 g/mol. The lowest BCUT2D eigenvalue weighted by Gasteiger charge is -2.06. The van der Waals surface area contributed by atoms with E-state index in [4.69, 9.17) is 5.73 Å². The molecule has 0 bridgehead atoms. The normalized spacial score (nSPS) is 11.2. The molecule has 5 aromatic rings. The third-order valence-corrected chi connectivity index (χ3v) is 4.98. The van der Waals surface area contributed by atoms with Crippen molar-refractivity contribution < 1.29 is 9.59 Å². The number of amides is 2. The van der Waals surface area contributed by atoms with Crippen LogP contribution in [0.15, 0.2) is 43.0 Å². The van der Waals surface area contributed by atoms with E-state index in [1.54, 1.807) is 25.5 Å². The number of nitrogens with zero attached hydrogens (tertiary/aromatic N) is 5. The number of fused-ring (bicyclic) bond motifs is 2. The number of pyridine rings is 3. The van der Waals surface area contributed by atoms with E-state index in [0.717, 1.165) is 11.1 Å². The van der Waals surface area contributed by atoms with Crippen LogP contribution in [0.25, 0.3) is 44.8 Å². The fourth-order valence-electron chi connectivity index (χ4n) is 3.39. The lowest BCUT2D eigenvalue weighted by Crippen LogP contribution is -2.11. The predicted molar refractivity (Wildman–Crippen MR) is 117 cm³/mol. The van der Waals surface area contributed by atoms with E-state index in [9.17, 15) is 9.59 Å². The van der Waals surface area contributed by atoms with E-state index >= 15 is 0 Å². The van der Waals surface area contributed by atoms with E-state index in [0.29, 0.717) is 51.4 Å². The van der Waals surface area contributed by atoms with Gasteiger partial charge in [-0.1, -0.05) is 6.92 Å². The zero-order valence-corrected chi connectivity index (χ0v) is 16.9. The van der Waals surface area contributed by atoms with Crippen LogP contribution in [-0.2, 0) is 4.79 Å². The van der Waals surface area contributed by atoms with Gasteiger partial charge < -0.3 is 16.0 Å². The van der Waals surface area contributed by atoms with E-state index in [2.05, 4.69) is 40.4 Å². The average Bonchev–Trinajstić information content (AvgIpc) is 3.42. The quantitative estimate of drug-likeness (QED) is 0.334. The number of carbonyl (C=O) groups excluding carboxylic acids is 2. The van der Waals surface area contributed by atoms with Crippen LogP contribution in [0.1, 0.15) is 23.7 Å². The second kappa shape index (κ2) is 7.54. The van der Waals surface area contributed by atoms with Gasteiger partial charge in [-0.25, -0.2) is 15.0 Å². The van der Waals surface area contributed by atoms with Crippen molar-refractivity contribution in [2.45, 2.75) is 13.3 Å². The highest BCUT2D eigenvalue weighted by atomic mass is 16.1. The zero-order valence-electron chi connectivity index (χ0n) is 16.9. The van der Waals surface area contributed by atoms with Crippen LogP contribution in [0.5, 0.6) is 0 Å². The summed E-state index contributed by atoms with van der Waals surface area (Å²) in [5.41, 5.74) is 9.82. The molecular formula is C21H17N9O2. The van der Waals surface area contributed by atoms with Gasteiger partial charge in [0.15, 0.2) is 17.1 Å². The van der Waals surface area contributed by atoms with Crippen LogP contribution >= 0.6 is 0 Å². The Morgan fingerprint density at radius 3 is 2.75 bits per heavy atom. The van der Waals surface area contributed by atoms with Gasteiger partial charge in [0.1, 0.15) is 5.69 Å². The fraction of sp³-hybridized carbons (Fsp3) is 0.0952. The summed E-state index contributed by atoms with van der Waals surface area (Å²) in [6.07, 6.45) is 6.81. The van der Waals surface area contributed by atoms with Crippen molar-refractivity contribution in [2.75, 3.05) is 5.32 Å². The third-order valence-electron chi connectivity index (χ3n) is 4.98. The number of hydrogen-bond acceptors (Lipinski definition) is 7. The number of H-pyrrole nitrogens is 2. The van der Waals surface area contributed by atoms with E-state index in [-0.39, 0.29) is 5.91 Å². The molecular weight excluding hydrogens is 410 g/mol. The highest BCUT2D eigenvalue weighted by Crippen LogP contribution is 2.29. The standard InChI is InChI=1S/C21H17N9O2/c1-2-15(31)26-12-5-10(7-23-9-12)11-6-14-17(29-30-19(14)25-8-11)21-27-16-13(18(22)32)3-4-24-20(16)28-21/h3-9H,2H2,1H3,(H2,22,32)(H,26,31)(H,24,27,28)(H,25,29,30). The molecule has 11 nitrogen and oxygen atoms in total. The van der Waals surface area contributed by atoms with Crippen LogP contribution in [0, 0.1) is 0 Å². The molecule has 0 aliphatic carbocycles. The van der Waals surface area contributed by atoms with Crippen LogP contribution in [0.3, 0.4) is 0 Å². The summed E-state index contributed by atoms with van der Waals surface area (Å²) in [6.45, 7) is 1.78. The molecule has 0 aliphatic heterocycles. The Balaban J connectivity index is 1.59. The van der Waals surface area contributed by atoms with Crippen molar-refractivity contribution in [1.29, 1.82) is 0 Å². The molecule has 5 aromatic heterocycles. The minimum atomic E-state index is -0.575. The maximum atomic E-state index is 11.7. The molecule has 32 heavy (non-hydrogen) atoms. The predicted octanol–water partition coefficient (Wildman–Crippen LogP) is 2.41. The fourth-order valence-corrected chi connectivity index (χ4v) is 3.39. The Bertz CT molecular complexity index is 1500. The Hall–Kier alpha value is -4.67. The first-order valence-corrected chi connectivity index (χ1v) is 9.77. The summed E-state index contributed by atoms with van der Waals surface area (Å²) in [5.74, 6) is -0.221. The zero-order chi connectivity index (χ0) is 22.2. The third kappa shape index (κ3) is 3.31. The van der Waals surface area contributed by atoms with Gasteiger partial charge >= 0.3 is 0 Å². The maximum absolute atomic E-state index is 11.7. The first kappa shape index (κ1) is 19.3. The number of carbonyl (C=O) groups is 2. The van der Waals surface area contributed by atoms with E-state index in [1.165, 1.54) is 12.3 Å². The molecule has 0 atom stereocenters. The molecule has 0 spiro atoms. The number of imidazole rings is 1. The molecule has 2 amide bonds. The summed E-state index contributed by atoms with van der Waals surface area (Å²) in [5, 5.41) is 10.7. The number of rotatable bonds is 5. The van der Waals surface area contributed by atoms with Gasteiger partial charge in [0, 0.05) is 36.1 Å². The molecule has 0 unspecified atom stereocenters. The van der Waals surface area contributed by atoms with Crippen LogP contribution in [-0.4, -0.2) is 46.9 Å². The summed E-state index contributed by atoms with van der Waals surface area (Å²) in [6, 6.07) is 5.27. The van der Waals surface area contributed by atoms with Gasteiger partial charge in [0.25, 0.3) is 5.91 Å². The van der Waals surface area contributed by atoms with Crippen molar-refractivity contribution in [2.24, 2.45) is 5.73 Å². The number of hydrogen-bond donors (Lipinski definition) is 4. The van der Waals surface area contributed by atoms with Crippen molar-refractivity contribution in [3.05, 3.63) is 48.5 Å². The molecule has 0 aromatic carbocycles. The van der Waals surface area contributed by atoms with Gasteiger partial charge in [-0.15, -0.1) is 0 Å². The second-order valence-corrected chi connectivity index (χ2v) is 7.06. The Labute approximate surface area is 180 Å². The SMILES string of the molecule is CCC(=O)Nc1cncc(-c2cnc3n[nH]c(-c4nc5nccc(C(N)=O)c5[nH]4)c3c2)c1. The smallest absolute Gasteiger partial charge is 0.251 e. The lowest BCUT2D eigenvalue weighted by atomic mass is 10.1. The van der Waals surface area contributed by atoms with Gasteiger partial charge in [0.05, 0.1) is 28.4 Å². The highest BCUT2D eigenvalue weighted by Gasteiger charge is 2.17. The number of nitrogens with two attached hydrogens (primary N) is 1. The largest absolute Gasteiger partial charge is 0.366 e. The molecule has 0 saturated carbocycles.